The van der Waals surface area contributed by atoms with Gasteiger partial charge in [-0.05, 0) is 43.9 Å². The molecule has 1 aliphatic heterocycles. The summed E-state index contributed by atoms with van der Waals surface area (Å²) in [6, 6.07) is 4.72. The zero-order valence-corrected chi connectivity index (χ0v) is 13.2. The second-order valence-corrected chi connectivity index (χ2v) is 6.32. The molecule has 0 saturated carbocycles. The SMILES string of the molecule is CCN(CCCc1nc(-c2cccs2)no1)C1CCNC1. The molecule has 1 N–H and O–H groups in total. The van der Waals surface area contributed by atoms with E-state index in [1.165, 1.54) is 6.42 Å². The van der Waals surface area contributed by atoms with Crippen molar-refractivity contribution < 1.29 is 4.52 Å². The molecule has 1 fully saturated rings. The van der Waals surface area contributed by atoms with Crippen molar-refractivity contribution in [2.45, 2.75) is 32.2 Å². The van der Waals surface area contributed by atoms with Crippen LogP contribution in [0.5, 0.6) is 0 Å². The molecule has 0 aliphatic carbocycles. The smallest absolute Gasteiger partial charge is 0.227 e. The van der Waals surface area contributed by atoms with Crippen LogP contribution in [0.25, 0.3) is 10.7 Å². The fourth-order valence-electron chi connectivity index (χ4n) is 2.85. The zero-order chi connectivity index (χ0) is 14.5. The van der Waals surface area contributed by atoms with E-state index < -0.39 is 0 Å². The second-order valence-electron chi connectivity index (χ2n) is 5.37. The molecule has 2 aromatic heterocycles. The molecule has 3 rings (SSSR count). The maximum absolute atomic E-state index is 5.34. The van der Waals surface area contributed by atoms with Crippen LogP contribution in [0.3, 0.4) is 0 Å². The molecule has 1 aliphatic rings. The molecule has 0 radical (unpaired) electrons. The van der Waals surface area contributed by atoms with Gasteiger partial charge in [-0.15, -0.1) is 11.3 Å². The number of aromatic nitrogens is 2. The number of likely N-dealkylation sites (N-methyl/N-ethyl adjacent to an activating group) is 1. The highest BCUT2D eigenvalue weighted by Gasteiger charge is 2.20. The van der Waals surface area contributed by atoms with E-state index in [0.717, 1.165) is 49.8 Å². The number of rotatable bonds is 7. The van der Waals surface area contributed by atoms with Crippen LogP contribution in [0.15, 0.2) is 22.0 Å². The Bertz CT molecular complexity index is 534. The summed E-state index contributed by atoms with van der Waals surface area (Å²) in [6.07, 6.45) is 3.18. The molecular weight excluding hydrogens is 284 g/mol. The first kappa shape index (κ1) is 14.7. The molecular formula is C15H22N4OS. The highest BCUT2D eigenvalue weighted by atomic mass is 32.1. The first-order valence-corrected chi connectivity index (χ1v) is 8.56. The molecule has 2 aromatic rings. The topological polar surface area (TPSA) is 54.2 Å². The molecule has 0 spiro atoms. The van der Waals surface area contributed by atoms with Crippen LogP contribution >= 0.6 is 11.3 Å². The zero-order valence-electron chi connectivity index (χ0n) is 12.4. The Balaban J connectivity index is 1.48. The lowest BCUT2D eigenvalue weighted by molar-refractivity contribution is 0.214. The maximum atomic E-state index is 5.34. The van der Waals surface area contributed by atoms with Gasteiger partial charge in [-0.3, -0.25) is 4.90 Å². The summed E-state index contributed by atoms with van der Waals surface area (Å²) in [4.78, 5) is 8.09. The van der Waals surface area contributed by atoms with Gasteiger partial charge in [0.15, 0.2) is 0 Å². The fraction of sp³-hybridized carbons (Fsp3) is 0.600. The van der Waals surface area contributed by atoms with Gasteiger partial charge in [-0.2, -0.15) is 4.98 Å². The van der Waals surface area contributed by atoms with E-state index in [1.807, 2.05) is 17.5 Å². The fourth-order valence-corrected chi connectivity index (χ4v) is 3.49. The van der Waals surface area contributed by atoms with Crippen molar-refractivity contribution in [2.75, 3.05) is 26.2 Å². The monoisotopic (exact) mass is 306 g/mol. The minimum Gasteiger partial charge on any atom is -0.339 e. The summed E-state index contributed by atoms with van der Waals surface area (Å²) in [5, 5.41) is 9.52. The quantitative estimate of drug-likeness (QED) is 0.851. The van der Waals surface area contributed by atoms with Crippen molar-refractivity contribution >= 4 is 11.3 Å². The van der Waals surface area contributed by atoms with E-state index in [0.29, 0.717) is 11.9 Å². The normalized spacial score (nSPS) is 18.7. The van der Waals surface area contributed by atoms with E-state index in [4.69, 9.17) is 4.52 Å². The van der Waals surface area contributed by atoms with Gasteiger partial charge >= 0.3 is 0 Å². The third kappa shape index (κ3) is 3.70. The molecule has 5 nitrogen and oxygen atoms in total. The molecule has 114 valence electrons. The summed E-state index contributed by atoms with van der Waals surface area (Å²) in [7, 11) is 0. The van der Waals surface area contributed by atoms with Gasteiger partial charge in [0.05, 0.1) is 4.88 Å². The molecule has 6 heteroatoms. The minimum atomic E-state index is 0.694. The lowest BCUT2D eigenvalue weighted by Gasteiger charge is -2.26. The maximum Gasteiger partial charge on any atom is 0.227 e. The van der Waals surface area contributed by atoms with Crippen molar-refractivity contribution in [3.8, 4) is 10.7 Å². The van der Waals surface area contributed by atoms with E-state index >= 15 is 0 Å². The minimum absolute atomic E-state index is 0.694. The Labute approximate surface area is 129 Å². The van der Waals surface area contributed by atoms with Gasteiger partial charge in [0.1, 0.15) is 0 Å². The molecule has 1 unspecified atom stereocenters. The molecule has 1 atom stereocenters. The van der Waals surface area contributed by atoms with E-state index in [1.54, 1.807) is 11.3 Å². The Morgan fingerprint density at radius 3 is 3.19 bits per heavy atom. The van der Waals surface area contributed by atoms with Crippen molar-refractivity contribution in [2.24, 2.45) is 0 Å². The molecule has 1 saturated heterocycles. The number of hydrogen-bond acceptors (Lipinski definition) is 6. The van der Waals surface area contributed by atoms with Gasteiger partial charge in [-0.1, -0.05) is 18.1 Å². The first-order chi connectivity index (χ1) is 10.4. The van der Waals surface area contributed by atoms with Crippen molar-refractivity contribution in [1.29, 1.82) is 0 Å². The average Bonchev–Trinajstić information content (AvgIpc) is 3.24. The van der Waals surface area contributed by atoms with E-state index in [-0.39, 0.29) is 0 Å². The molecule has 0 aromatic carbocycles. The third-order valence-corrected chi connectivity index (χ3v) is 4.87. The highest BCUT2D eigenvalue weighted by Crippen LogP contribution is 2.21. The van der Waals surface area contributed by atoms with Gasteiger partial charge in [0.2, 0.25) is 11.7 Å². The van der Waals surface area contributed by atoms with Crippen molar-refractivity contribution in [1.82, 2.24) is 20.4 Å². The number of nitrogens with one attached hydrogen (secondary N) is 1. The largest absolute Gasteiger partial charge is 0.339 e. The average molecular weight is 306 g/mol. The van der Waals surface area contributed by atoms with E-state index in [9.17, 15) is 0 Å². The van der Waals surface area contributed by atoms with Crippen LogP contribution in [-0.2, 0) is 6.42 Å². The van der Waals surface area contributed by atoms with Crippen LogP contribution in [-0.4, -0.2) is 47.3 Å². The Morgan fingerprint density at radius 1 is 1.52 bits per heavy atom. The molecule has 3 heterocycles. The van der Waals surface area contributed by atoms with Crippen LogP contribution in [0.4, 0.5) is 0 Å². The number of aryl methyl sites for hydroxylation is 1. The Hall–Kier alpha value is -1.24. The molecule has 0 amide bonds. The van der Waals surface area contributed by atoms with Gasteiger partial charge < -0.3 is 9.84 Å². The lowest BCUT2D eigenvalue weighted by Crippen LogP contribution is -2.37. The van der Waals surface area contributed by atoms with E-state index in [2.05, 4.69) is 27.3 Å². The second kappa shape index (κ2) is 7.15. The summed E-state index contributed by atoms with van der Waals surface area (Å²) >= 11 is 1.64. The molecule has 21 heavy (non-hydrogen) atoms. The number of hydrogen-bond donors (Lipinski definition) is 1. The predicted molar refractivity (Wildman–Crippen MR) is 84.5 cm³/mol. The number of nitrogens with zero attached hydrogens (tertiary/aromatic N) is 3. The number of thiophene rings is 1. The standard InChI is InChI=1S/C15H22N4OS/c1-2-19(12-7-8-16-11-12)9-3-6-14-17-15(18-20-14)13-5-4-10-21-13/h4-5,10,12,16H,2-3,6-9,11H2,1H3. The van der Waals surface area contributed by atoms with Crippen molar-refractivity contribution in [3.63, 3.8) is 0 Å². The lowest BCUT2D eigenvalue weighted by atomic mass is 10.2. The predicted octanol–water partition coefficient (Wildman–Crippen LogP) is 2.41. The summed E-state index contributed by atoms with van der Waals surface area (Å²) in [5.41, 5.74) is 0. The van der Waals surface area contributed by atoms with Gasteiger partial charge in [0.25, 0.3) is 0 Å². The Morgan fingerprint density at radius 2 is 2.48 bits per heavy atom. The molecule has 0 bridgehead atoms. The first-order valence-electron chi connectivity index (χ1n) is 7.68. The summed E-state index contributed by atoms with van der Waals surface area (Å²) in [6.45, 7) is 6.71. The summed E-state index contributed by atoms with van der Waals surface area (Å²) in [5.74, 6) is 1.46. The van der Waals surface area contributed by atoms with Crippen LogP contribution in [0.2, 0.25) is 0 Å². The Kier molecular flexibility index (Phi) is 5.00. The van der Waals surface area contributed by atoms with Crippen LogP contribution in [0.1, 0.15) is 25.7 Å². The highest BCUT2D eigenvalue weighted by molar-refractivity contribution is 7.13. The van der Waals surface area contributed by atoms with Crippen LogP contribution in [0, 0.1) is 0 Å². The van der Waals surface area contributed by atoms with Crippen molar-refractivity contribution in [3.05, 3.63) is 23.4 Å². The van der Waals surface area contributed by atoms with Crippen LogP contribution < -0.4 is 5.32 Å². The van der Waals surface area contributed by atoms with Gasteiger partial charge in [-0.25, -0.2) is 0 Å². The summed E-state index contributed by atoms with van der Waals surface area (Å²) < 4.78 is 5.34. The van der Waals surface area contributed by atoms with Gasteiger partial charge in [0, 0.05) is 19.0 Å². The third-order valence-electron chi connectivity index (χ3n) is 4.00.